The predicted octanol–water partition coefficient (Wildman–Crippen LogP) is 4.93. The maximum Gasteiger partial charge on any atom is 0.182 e. The third kappa shape index (κ3) is 3.07. The van der Waals surface area contributed by atoms with Crippen molar-refractivity contribution in [3.63, 3.8) is 0 Å². The Kier molecular flexibility index (Phi) is 4.18. The van der Waals surface area contributed by atoms with Crippen molar-refractivity contribution in [2.45, 2.75) is 6.92 Å². The SMILES string of the molecule is Cc1cccc2c(Nc3ccc(F)c(Cl)c3)nc(-c3cnccn3)nc12. The lowest BCUT2D eigenvalue weighted by atomic mass is 10.1. The number of halogens is 2. The van der Waals surface area contributed by atoms with Crippen LogP contribution in [0.15, 0.2) is 55.0 Å². The molecule has 0 atom stereocenters. The summed E-state index contributed by atoms with van der Waals surface area (Å²) in [5.74, 6) is 0.568. The van der Waals surface area contributed by atoms with Gasteiger partial charge in [-0.25, -0.2) is 19.3 Å². The monoisotopic (exact) mass is 365 g/mol. The van der Waals surface area contributed by atoms with Crippen LogP contribution in [0.2, 0.25) is 5.02 Å². The van der Waals surface area contributed by atoms with Crippen molar-refractivity contribution in [2.75, 3.05) is 5.32 Å². The van der Waals surface area contributed by atoms with E-state index in [1.165, 1.54) is 12.1 Å². The normalized spacial score (nSPS) is 10.9. The molecule has 5 nitrogen and oxygen atoms in total. The molecular formula is C19H13ClFN5. The average Bonchev–Trinajstić information content (AvgIpc) is 2.66. The van der Waals surface area contributed by atoms with Crippen LogP contribution in [0.5, 0.6) is 0 Å². The van der Waals surface area contributed by atoms with Gasteiger partial charge in [-0.3, -0.25) is 4.98 Å². The standard InChI is InChI=1S/C19H13ClFN5/c1-11-3-2-4-13-17(11)25-19(16-10-22-7-8-23-16)26-18(13)24-12-5-6-15(21)14(20)9-12/h2-10H,1H3,(H,24,25,26). The summed E-state index contributed by atoms with van der Waals surface area (Å²) in [7, 11) is 0. The first kappa shape index (κ1) is 16.4. The van der Waals surface area contributed by atoms with Gasteiger partial charge in [0.05, 0.1) is 16.7 Å². The minimum absolute atomic E-state index is 0.0405. The molecule has 0 saturated heterocycles. The van der Waals surface area contributed by atoms with E-state index in [-0.39, 0.29) is 5.02 Å². The van der Waals surface area contributed by atoms with Crippen molar-refractivity contribution < 1.29 is 4.39 Å². The molecule has 7 heteroatoms. The van der Waals surface area contributed by atoms with Crippen molar-refractivity contribution >= 4 is 34.0 Å². The maximum absolute atomic E-state index is 13.4. The molecule has 1 N–H and O–H groups in total. The predicted molar refractivity (Wildman–Crippen MR) is 100.0 cm³/mol. The van der Waals surface area contributed by atoms with E-state index < -0.39 is 5.82 Å². The number of fused-ring (bicyclic) bond motifs is 1. The zero-order valence-electron chi connectivity index (χ0n) is 13.7. The van der Waals surface area contributed by atoms with Gasteiger partial charge >= 0.3 is 0 Å². The number of rotatable bonds is 3. The topological polar surface area (TPSA) is 63.6 Å². The fourth-order valence-electron chi connectivity index (χ4n) is 2.63. The number of aryl methyl sites for hydroxylation is 1. The van der Waals surface area contributed by atoms with Gasteiger partial charge in [-0.2, -0.15) is 0 Å². The maximum atomic E-state index is 13.4. The molecule has 0 unspecified atom stereocenters. The largest absolute Gasteiger partial charge is 0.340 e. The van der Waals surface area contributed by atoms with Gasteiger partial charge in [0.15, 0.2) is 5.82 Å². The molecule has 4 rings (SSSR count). The van der Waals surface area contributed by atoms with Crippen LogP contribution >= 0.6 is 11.6 Å². The molecule has 0 fully saturated rings. The molecule has 0 amide bonds. The molecule has 0 aliphatic rings. The van der Waals surface area contributed by atoms with Gasteiger partial charge in [0.2, 0.25) is 0 Å². The molecule has 0 radical (unpaired) electrons. The Bertz CT molecular complexity index is 1100. The fraction of sp³-hybridized carbons (Fsp3) is 0.0526. The van der Waals surface area contributed by atoms with Gasteiger partial charge in [-0.1, -0.05) is 23.7 Å². The van der Waals surface area contributed by atoms with E-state index in [2.05, 4.69) is 25.3 Å². The fourth-order valence-corrected chi connectivity index (χ4v) is 2.81. The number of anilines is 2. The molecule has 2 heterocycles. The number of para-hydroxylation sites is 1. The number of nitrogens with zero attached hydrogens (tertiary/aromatic N) is 4. The number of aromatic nitrogens is 4. The first-order valence-electron chi connectivity index (χ1n) is 7.87. The van der Waals surface area contributed by atoms with E-state index in [1.54, 1.807) is 24.7 Å². The molecule has 2 aromatic heterocycles. The van der Waals surface area contributed by atoms with Gasteiger partial charge in [0.25, 0.3) is 0 Å². The summed E-state index contributed by atoms with van der Waals surface area (Å²) in [6, 6.07) is 10.3. The summed E-state index contributed by atoms with van der Waals surface area (Å²) >= 11 is 5.88. The van der Waals surface area contributed by atoms with Gasteiger partial charge in [-0.05, 0) is 36.8 Å². The Labute approximate surface area is 153 Å². The van der Waals surface area contributed by atoms with Gasteiger partial charge < -0.3 is 5.32 Å². The molecular weight excluding hydrogens is 353 g/mol. The highest BCUT2D eigenvalue weighted by molar-refractivity contribution is 6.31. The second-order valence-electron chi connectivity index (χ2n) is 5.71. The van der Waals surface area contributed by atoms with Gasteiger partial charge in [0.1, 0.15) is 17.3 Å². The van der Waals surface area contributed by atoms with E-state index in [1.807, 2.05) is 25.1 Å². The van der Waals surface area contributed by atoms with Crippen molar-refractivity contribution in [3.8, 4) is 11.5 Å². The molecule has 0 aliphatic carbocycles. The summed E-state index contributed by atoms with van der Waals surface area (Å²) in [5.41, 5.74) is 3.01. The Morgan fingerprint density at radius 2 is 1.96 bits per heavy atom. The molecule has 26 heavy (non-hydrogen) atoms. The average molecular weight is 366 g/mol. The zero-order valence-corrected chi connectivity index (χ0v) is 14.5. The van der Waals surface area contributed by atoms with Crippen LogP contribution in [0.4, 0.5) is 15.9 Å². The molecule has 0 saturated carbocycles. The molecule has 0 spiro atoms. The minimum atomic E-state index is -0.471. The van der Waals surface area contributed by atoms with Crippen LogP contribution < -0.4 is 5.32 Å². The Morgan fingerprint density at radius 3 is 2.73 bits per heavy atom. The highest BCUT2D eigenvalue weighted by atomic mass is 35.5. The van der Waals surface area contributed by atoms with E-state index in [0.29, 0.717) is 23.0 Å². The summed E-state index contributed by atoms with van der Waals surface area (Å²) in [4.78, 5) is 17.6. The van der Waals surface area contributed by atoms with Crippen molar-refractivity contribution in [1.82, 2.24) is 19.9 Å². The molecule has 2 aromatic carbocycles. The Morgan fingerprint density at radius 1 is 1.08 bits per heavy atom. The third-order valence-corrected chi connectivity index (χ3v) is 4.19. The van der Waals surface area contributed by atoms with E-state index in [0.717, 1.165) is 16.5 Å². The van der Waals surface area contributed by atoms with Crippen LogP contribution in [-0.2, 0) is 0 Å². The highest BCUT2D eigenvalue weighted by Crippen LogP contribution is 2.29. The molecule has 0 bridgehead atoms. The second kappa shape index (κ2) is 6.65. The number of hydrogen-bond donors (Lipinski definition) is 1. The van der Waals surface area contributed by atoms with Crippen molar-refractivity contribution in [2.24, 2.45) is 0 Å². The second-order valence-corrected chi connectivity index (χ2v) is 6.12. The summed E-state index contributed by atoms with van der Waals surface area (Å²) in [6.07, 6.45) is 4.79. The van der Waals surface area contributed by atoms with E-state index in [4.69, 9.17) is 11.6 Å². The smallest absolute Gasteiger partial charge is 0.182 e. The number of benzene rings is 2. The first-order chi connectivity index (χ1) is 12.6. The molecule has 0 aliphatic heterocycles. The lowest BCUT2D eigenvalue weighted by Gasteiger charge is -2.12. The molecule has 128 valence electrons. The lowest BCUT2D eigenvalue weighted by molar-refractivity contribution is 0.628. The zero-order chi connectivity index (χ0) is 18.1. The van der Waals surface area contributed by atoms with Gasteiger partial charge in [-0.15, -0.1) is 0 Å². The Balaban J connectivity index is 1.89. The van der Waals surface area contributed by atoms with Crippen LogP contribution in [-0.4, -0.2) is 19.9 Å². The van der Waals surface area contributed by atoms with Gasteiger partial charge in [0, 0.05) is 23.5 Å². The third-order valence-electron chi connectivity index (χ3n) is 3.90. The quantitative estimate of drug-likeness (QED) is 0.557. The van der Waals surface area contributed by atoms with E-state index >= 15 is 0 Å². The number of nitrogens with one attached hydrogen (secondary N) is 1. The minimum Gasteiger partial charge on any atom is -0.340 e. The van der Waals surface area contributed by atoms with Crippen LogP contribution in [0.3, 0.4) is 0 Å². The summed E-state index contributed by atoms with van der Waals surface area (Å²) in [5, 5.41) is 4.09. The van der Waals surface area contributed by atoms with Crippen LogP contribution in [0, 0.1) is 12.7 Å². The van der Waals surface area contributed by atoms with Crippen LogP contribution in [0.1, 0.15) is 5.56 Å². The van der Waals surface area contributed by atoms with Crippen molar-refractivity contribution in [3.05, 3.63) is 71.4 Å². The van der Waals surface area contributed by atoms with Crippen LogP contribution in [0.25, 0.3) is 22.4 Å². The lowest BCUT2D eigenvalue weighted by Crippen LogP contribution is -2.01. The van der Waals surface area contributed by atoms with Crippen molar-refractivity contribution in [1.29, 1.82) is 0 Å². The summed E-state index contributed by atoms with van der Waals surface area (Å²) < 4.78 is 13.4. The summed E-state index contributed by atoms with van der Waals surface area (Å²) in [6.45, 7) is 1.98. The number of hydrogen-bond acceptors (Lipinski definition) is 5. The molecule has 4 aromatic rings. The first-order valence-corrected chi connectivity index (χ1v) is 8.25. The van der Waals surface area contributed by atoms with E-state index in [9.17, 15) is 4.39 Å². The Hall–Kier alpha value is -3.12. The highest BCUT2D eigenvalue weighted by Gasteiger charge is 2.13.